The summed E-state index contributed by atoms with van der Waals surface area (Å²) in [5.74, 6) is -1.09. The lowest BCUT2D eigenvalue weighted by Gasteiger charge is -2.26. The molecule has 1 heterocycles. The van der Waals surface area contributed by atoms with Gasteiger partial charge in [0.2, 0.25) is 0 Å². The molecule has 0 bridgehead atoms. The largest absolute Gasteiger partial charge is 0.365 e. The van der Waals surface area contributed by atoms with Gasteiger partial charge in [0, 0.05) is 5.69 Å². The highest BCUT2D eigenvalue weighted by molar-refractivity contribution is 6.33. The second-order valence-corrected chi connectivity index (χ2v) is 6.12. The molecule has 4 N–H and O–H groups in total. The Morgan fingerprint density at radius 3 is 2.71 bits per heavy atom. The molecule has 6 nitrogen and oxygen atoms in total. The number of hydrogen-bond donors (Lipinski definition) is 3. The van der Waals surface area contributed by atoms with E-state index in [2.05, 4.69) is 10.3 Å². The van der Waals surface area contributed by atoms with E-state index in [1.807, 2.05) is 0 Å². The van der Waals surface area contributed by atoms with Crippen molar-refractivity contribution in [1.82, 2.24) is 10.3 Å². The minimum atomic E-state index is -0.791. The Bertz CT molecular complexity index is 876. The molecule has 0 unspecified atom stereocenters. The predicted octanol–water partition coefficient (Wildman–Crippen LogP) is 1.93. The lowest BCUT2D eigenvalue weighted by atomic mass is 9.90. The molecular formula is C17H16ClN3O3. The maximum atomic E-state index is 12.5. The van der Waals surface area contributed by atoms with Crippen molar-refractivity contribution in [3.8, 4) is 0 Å². The minimum Gasteiger partial charge on any atom is -0.365 e. The van der Waals surface area contributed by atoms with Crippen LogP contribution < -0.4 is 16.6 Å². The fourth-order valence-electron chi connectivity index (χ4n) is 2.96. The number of carbonyl (C=O) groups is 2. The van der Waals surface area contributed by atoms with Gasteiger partial charge in [0.05, 0.1) is 16.6 Å². The second kappa shape index (κ2) is 6.49. The molecule has 0 radical (unpaired) electrons. The highest BCUT2D eigenvalue weighted by Gasteiger charge is 2.25. The molecule has 0 saturated carbocycles. The van der Waals surface area contributed by atoms with Gasteiger partial charge in [-0.25, -0.2) is 0 Å². The van der Waals surface area contributed by atoms with Gasteiger partial charge in [0.15, 0.2) is 0 Å². The topological polar surface area (TPSA) is 105 Å². The second-order valence-electron chi connectivity index (χ2n) is 5.71. The number of pyridine rings is 1. The summed E-state index contributed by atoms with van der Waals surface area (Å²) >= 11 is 6.06. The van der Waals surface area contributed by atoms with E-state index in [0.717, 1.165) is 17.7 Å². The summed E-state index contributed by atoms with van der Waals surface area (Å²) < 4.78 is 0. The van der Waals surface area contributed by atoms with Crippen LogP contribution in [0.5, 0.6) is 0 Å². The number of amides is 2. The number of primary amides is 1. The van der Waals surface area contributed by atoms with Crippen molar-refractivity contribution in [2.75, 3.05) is 0 Å². The van der Waals surface area contributed by atoms with Crippen molar-refractivity contribution in [3.63, 3.8) is 0 Å². The van der Waals surface area contributed by atoms with E-state index in [1.54, 1.807) is 24.3 Å². The maximum absolute atomic E-state index is 12.5. The molecule has 0 fully saturated rings. The molecule has 1 aromatic carbocycles. The number of halogens is 1. The molecule has 124 valence electrons. The maximum Gasteiger partial charge on any atom is 0.261 e. The third-order valence-electron chi connectivity index (χ3n) is 4.14. The van der Waals surface area contributed by atoms with Gasteiger partial charge in [-0.2, -0.15) is 0 Å². The average Bonchev–Trinajstić information content (AvgIpc) is 2.54. The van der Waals surface area contributed by atoms with Gasteiger partial charge < -0.3 is 16.0 Å². The summed E-state index contributed by atoms with van der Waals surface area (Å²) in [4.78, 5) is 38.4. The van der Waals surface area contributed by atoms with E-state index in [9.17, 15) is 14.4 Å². The molecule has 0 aliphatic heterocycles. The number of hydrogen-bond acceptors (Lipinski definition) is 3. The van der Waals surface area contributed by atoms with Crippen LogP contribution in [0.2, 0.25) is 5.02 Å². The fraction of sp³-hybridized carbons (Fsp3) is 0.235. The zero-order chi connectivity index (χ0) is 17.3. The third-order valence-corrected chi connectivity index (χ3v) is 4.47. The number of benzene rings is 1. The number of nitrogens with one attached hydrogen (secondary N) is 2. The first-order valence-corrected chi connectivity index (χ1v) is 7.96. The van der Waals surface area contributed by atoms with Crippen molar-refractivity contribution >= 4 is 23.4 Å². The molecule has 7 heteroatoms. The standard InChI is InChI=1S/C17H16ClN3O3/c18-12-5-2-1-4-9(12)16(23)20-13-6-3-7-14-10(13)8-11(15(19)22)17(24)21-14/h1-2,4-5,8,13H,3,6-7H2,(H2,19,22)(H,20,23)(H,21,24)/t13-/m0/s1. The van der Waals surface area contributed by atoms with E-state index in [0.29, 0.717) is 23.4 Å². The van der Waals surface area contributed by atoms with Gasteiger partial charge in [0.25, 0.3) is 17.4 Å². The van der Waals surface area contributed by atoms with Gasteiger partial charge in [0.1, 0.15) is 5.56 Å². The van der Waals surface area contributed by atoms with Crippen LogP contribution >= 0.6 is 11.6 Å². The highest BCUT2D eigenvalue weighted by atomic mass is 35.5. The number of aryl methyl sites for hydroxylation is 1. The van der Waals surface area contributed by atoms with E-state index in [-0.39, 0.29) is 17.5 Å². The van der Waals surface area contributed by atoms with Crippen LogP contribution in [-0.4, -0.2) is 16.8 Å². The van der Waals surface area contributed by atoms with Crippen molar-refractivity contribution in [2.45, 2.75) is 25.3 Å². The first-order valence-electron chi connectivity index (χ1n) is 7.58. The van der Waals surface area contributed by atoms with Crippen LogP contribution in [0, 0.1) is 0 Å². The molecule has 2 amide bonds. The number of rotatable bonds is 3. The average molecular weight is 346 g/mol. The van der Waals surface area contributed by atoms with Crippen molar-refractivity contribution in [3.05, 3.63) is 68.1 Å². The smallest absolute Gasteiger partial charge is 0.261 e. The number of fused-ring (bicyclic) bond motifs is 1. The number of carbonyl (C=O) groups excluding carboxylic acids is 2. The monoisotopic (exact) mass is 345 g/mol. The van der Waals surface area contributed by atoms with Crippen molar-refractivity contribution in [2.24, 2.45) is 5.73 Å². The number of H-pyrrole nitrogens is 1. The number of aromatic amines is 1. The summed E-state index contributed by atoms with van der Waals surface area (Å²) in [5.41, 5.74) is 6.46. The van der Waals surface area contributed by atoms with Crippen molar-refractivity contribution < 1.29 is 9.59 Å². The van der Waals surface area contributed by atoms with Crippen LogP contribution in [0.4, 0.5) is 0 Å². The molecule has 3 rings (SSSR count). The quantitative estimate of drug-likeness (QED) is 0.791. The zero-order valence-electron chi connectivity index (χ0n) is 12.8. The lowest BCUT2D eigenvalue weighted by Crippen LogP contribution is -2.34. The summed E-state index contributed by atoms with van der Waals surface area (Å²) in [7, 11) is 0. The third kappa shape index (κ3) is 3.05. The molecule has 24 heavy (non-hydrogen) atoms. The Morgan fingerprint density at radius 1 is 1.25 bits per heavy atom. The van der Waals surface area contributed by atoms with Crippen LogP contribution in [0.1, 0.15) is 50.9 Å². The van der Waals surface area contributed by atoms with Crippen LogP contribution in [0.15, 0.2) is 35.1 Å². The summed E-state index contributed by atoms with van der Waals surface area (Å²) in [6, 6.07) is 7.94. The van der Waals surface area contributed by atoms with Crippen LogP contribution in [0.25, 0.3) is 0 Å². The van der Waals surface area contributed by atoms with Gasteiger partial charge in [-0.15, -0.1) is 0 Å². The molecule has 1 aliphatic carbocycles. The molecule has 1 atom stereocenters. The first kappa shape index (κ1) is 16.3. The Morgan fingerprint density at radius 2 is 2.00 bits per heavy atom. The Hall–Kier alpha value is -2.60. The Balaban J connectivity index is 1.93. The van der Waals surface area contributed by atoms with E-state index in [4.69, 9.17) is 17.3 Å². The normalized spacial score (nSPS) is 16.3. The highest BCUT2D eigenvalue weighted by Crippen LogP contribution is 2.29. The van der Waals surface area contributed by atoms with E-state index < -0.39 is 11.5 Å². The molecule has 2 aromatic rings. The minimum absolute atomic E-state index is 0.104. The summed E-state index contributed by atoms with van der Waals surface area (Å²) in [6.07, 6.45) is 2.20. The van der Waals surface area contributed by atoms with Crippen molar-refractivity contribution in [1.29, 1.82) is 0 Å². The Kier molecular flexibility index (Phi) is 4.40. The molecule has 0 saturated heterocycles. The molecule has 1 aromatic heterocycles. The number of nitrogens with two attached hydrogens (primary N) is 1. The van der Waals surface area contributed by atoms with Gasteiger partial charge in [-0.1, -0.05) is 23.7 Å². The van der Waals surface area contributed by atoms with Gasteiger partial charge in [-0.05, 0) is 43.0 Å². The first-order chi connectivity index (χ1) is 11.5. The van der Waals surface area contributed by atoms with E-state index in [1.165, 1.54) is 6.07 Å². The molecule has 1 aliphatic rings. The van der Waals surface area contributed by atoms with E-state index >= 15 is 0 Å². The molecular weight excluding hydrogens is 330 g/mol. The van der Waals surface area contributed by atoms with Crippen LogP contribution in [-0.2, 0) is 6.42 Å². The summed E-state index contributed by atoms with van der Waals surface area (Å²) in [5, 5.41) is 3.29. The van der Waals surface area contributed by atoms with Gasteiger partial charge >= 0.3 is 0 Å². The van der Waals surface area contributed by atoms with Crippen LogP contribution in [0.3, 0.4) is 0 Å². The zero-order valence-corrected chi connectivity index (χ0v) is 13.5. The predicted molar refractivity (Wildman–Crippen MR) is 90.2 cm³/mol. The fourth-order valence-corrected chi connectivity index (χ4v) is 3.18. The number of aromatic nitrogens is 1. The lowest BCUT2D eigenvalue weighted by molar-refractivity contribution is 0.0932. The Labute approximate surface area is 143 Å². The van der Waals surface area contributed by atoms with Gasteiger partial charge in [-0.3, -0.25) is 14.4 Å². The molecule has 0 spiro atoms. The summed E-state index contributed by atoms with van der Waals surface area (Å²) in [6.45, 7) is 0. The SMILES string of the molecule is NC(=O)c1cc2c([nH]c1=O)CCC[C@@H]2NC(=O)c1ccccc1Cl.